The second-order valence-electron chi connectivity index (χ2n) is 5.03. The van der Waals surface area contributed by atoms with Gasteiger partial charge in [-0.3, -0.25) is 9.20 Å². The van der Waals surface area contributed by atoms with Crippen molar-refractivity contribution < 1.29 is 26.4 Å². The molecule has 11 heteroatoms. The molecule has 0 spiro atoms. The Hall–Kier alpha value is -1.68. The lowest BCUT2D eigenvalue weighted by Crippen LogP contribution is -2.20. The maximum absolute atomic E-state index is 13.2. The molecule has 0 saturated heterocycles. The number of hydrogen-bond acceptors (Lipinski definition) is 5. The number of alkyl halides is 3. The van der Waals surface area contributed by atoms with Gasteiger partial charge in [-0.25, -0.2) is 8.42 Å². The fraction of sp³-hybridized carbons (Fsp3) is 0.417. The van der Waals surface area contributed by atoms with Crippen molar-refractivity contribution in [1.82, 2.24) is 14.6 Å². The fourth-order valence-corrected chi connectivity index (χ4v) is 2.90. The van der Waals surface area contributed by atoms with Gasteiger partial charge in [0.1, 0.15) is 11.4 Å². The number of halogens is 4. The molecule has 2 rings (SSSR count). The minimum Gasteiger partial charge on any atom is -0.275 e. The molecule has 0 unspecified atom stereocenters. The predicted octanol–water partition coefficient (Wildman–Crippen LogP) is 2.45. The largest absolute Gasteiger partial charge is 0.431 e. The van der Waals surface area contributed by atoms with Gasteiger partial charge in [0.15, 0.2) is 21.3 Å². The van der Waals surface area contributed by atoms with Crippen molar-refractivity contribution in [3.05, 3.63) is 29.2 Å². The van der Waals surface area contributed by atoms with Crippen LogP contribution in [-0.2, 0) is 21.8 Å². The molecular formula is C12H11ClF3N3O3S. The van der Waals surface area contributed by atoms with Crippen LogP contribution in [-0.4, -0.2) is 33.5 Å². The number of carbonyl (C=O) groups is 1. The summed E-state index contributed by atoms with van der Waals surface area (Å²) >= 11 is 5.32. The third-order valence-corrected chi connectivity index (χ3v) is 5.47. The Morgan fingerprint density at radius 2 is 1.91 bits per heavy atom. The number of carbonyl (C=O) groups excluding carboxylic acids is 1. The van der Waals surface area contributed by atoms with Crippen LogP contribution in [0.15, 0.2) is 12.1 Å². The monoisotopic (exact) mass is 369 g/mol. The highest BCUT2D eigenvalue weighted by Gasteiger charge is 2.36. The lowest BCUT2D eigenvalue weighted by Gasteiger charge is -2.13. The molecule has 126 valence electrons. The number of nitrogens with zero attached hydrogens (tertiary/aromatic N) is 3. The van der Waals surface area contributed by atoms with E-state index in [2.05, 4.69) is 10.2 Å². The van der Waals surface area contributed by atoms with E-state index < -0.39 is 49.4 Å². The summed E-state index contributed by atoms with van der Waals surface area (Å²) in [5.74, 6) is -1.17. The zero-order chi connectivity index (χ0) is 17.6. The molecule has 0 fully saturated rings. The molecule has 0 amide bonds. The maximum atomic E-state index is 13.2. The summed E-state index contributed by atoms with van der Waals surface area (Å²) in [4.78, 5) is 11.3. The van der Waals surface area contributed by atoms with Gasteiger partial charge in [-0.15, -0.1) is 10.2 Å². The van der Waals surface area contributed by atoms with E-state index in [-0.39, 0.29) is 5.56 Å². The van der Waals surface area contributed by atoms with E-state index in [0.717, 1.165) is 6.07 Å². The van der Waals surface area contributed by atoms with Crippen molar-refractivity contribution in [3.63, 3.8) is 0 Å². The van der Waals surface area contributed by atoms with Gasteiger partial charge in [-0.1, -0.05) is 0 Å². The lowest BCUT2D eigenvalue weighted by molar-refractivity contribution is -0.142. The molecule has 23 heavy (non-hydrogen) atoms. The highest BCUT2D eigenvalue weighted by Crippen LogP contribution is 2.31. The van der Waals surface area contributed by atoms with Crippen LogP contribution in [0.3, 0.4) is 0 Å². The van der Waals surface area contributed by atoms with Gasteiger partial charge in [0.25, 0.3) is 5.24 Å². The highest BCUT2D eigenvalue weighted by molar-refractivity contribution is 7.91. The first-order valence-electron chi connectivity index (χ1n) is 6.30. The van der Waals surface area contributed by atoms with Gasteiger partial charge in [0.05, 0.1) is 10.8 Å². The van der Waals surface area contributed by atoms with Gasteiger partial charge in [-0.2, -0.15) is 13.2 Å². The van der Waals surface area contributed by atoms with Crippen molar-refractivity contribution in [1.29, 1.82) is 0 Å². The zero-order valence-corrected chi connectivity index (χ0v) is 13.5. The quantitative estimate of drug-likeness (QED) is 0.773. The van der Waals surface area contributed by atoms with E-state index in [1.807, 2.05) is 0 Å². The van der Waals surface area contributed by atoms with E-state index in [9.17, 15) is 26.4 Å². The fourth-order valence-electron chi connectivity index (χ4n) is 1.87. The van der Waals surface area contributed by atoms with E-state index >= 15 is 0 Å². The molecule has 0 aliphatic heterocycles. The molecule has 0 radical (unpaired) electrons. The number of fused-ring (bicyclic) bond motifs is 1. The standard InChI is InChI=1S/C12H11ClF3N3O3S/c1-6(2)23(21,22)5-9-17-18-11-7(10(13)20)3-4-8(19(9)11)12(14,15)16/h3-4,6H,5H2,1-2H3. The molecule has 0 aliphatic rings. The third-order valence-electron chi connectivity index (χ3n) is 3.17. The van der Waals surface area contributed by atoms with E-state index in [1.54, 1.807) is 0 Å². The Morgan fingerprint density at radius 1 is 1.30 bits per heavy atom. The van der Waals surface area contributed by atoms with Gasteiger partial charge >= 0.3 is 6.18 Å². The first-order valence-corrected chi connectivity index (χ1v) is 8.40. The summed E-state index contributed by atoms with van der Waals surface area (Å²) in [6, 6.07) is 1.51. The second kappa shape index (κ2) is 5.75. The van der Waals surface area contributed by atoms with Crippen LogP contribution in [0.4, 0.5) is 13.2 Å². The minimum absolute atomic E-state index is 0.291. The molecule has 0 saturated carbocycles. The van der Waals surface area contributed by atoms with Gasteiger partial charge in [0, 0.05) is 0 Å². The molecular weight excluding hydrogens is 359 g/mol. The van der Waals surface area contributed by atoms with Gasteiger partial charge in [-0.05, 0) is 37.6 Å². The smallest absolute Gasteiger partial charge is 0.275 e. The topological polar surface area (TPSA) is 81.4 Å². The van der Waals surface area contributed by atoms with Crippen LogP contribution in [0.25, 0.3) is 5.65 Å². The molecule has 2 aromatic rings. The summed E-state index contributed by atoms with van der Waals surface area (Å²) in [5, 5.41) is 5.18. The third kappa shape index (κ3) is 3.32. The number of hydrogen-bond donors (Lipinski definition) is 0. The van der Waals surface area contributed by atoms with Crippen LogP contribution in [0, 0.1) is 0 Å². The van der Waals surface area contributed by atoms with Crippen LogP contribution >= 0.6 is 11.6 Å². The summed E-state index contributed by atoms with van der Waals surface area (Å²) in [5.41, 5.74) is -1.91. The van der Waals surface area contributed by atoms with Crippen molar-refractivity contribution in [2.45, 2.75) is 31.0 Å². The Morgan fingerprint density at radius 3 is 2.39 bits per heavy atom. The molecule has 6 nitrogen and oxygen atoms in total. The normalized spacial score (nSPS) is 13.0. The Bertz CT molecular complexity index is 875. The first-order chi connectivity index (χ1) is 10.4. The number of sulfone groups is 1. The average Bonchev–Trinajstić information content (AvgIpc) is 2.79. The van der Waals surface area contributed by atoms with Crippen molar-refractivity contribution in [3.8, 4) is 0 Å². The van der Waals surface area contributed by atoms with E-state index in [1.165, 1.54) is 13.8 Å². The molecule has 2 aromatic heterocycles. The van der Waals surface area contributed by atoms with Crippen LogP contribution in [0.1, 0.15) is 35.7 Å². The van der Waals surface area contributed by atoms with Crippen molar-refractivity contribution in [2.75, 3.05) is 0 Å². The molecule has 0 atom stereocenters. The molecule has 0 aliphatic carbocycles. The number of aromatic nitrogens is 3. The van der Waals surface area contributed by atoms with E-state index in [0.29, 0.717) is 10.5 Å². The molecule has 0 bridgehead atoms. The van der Waals surface area contributed by atoms with Crippen LogP contribution in [0.2, 0.25) is 0 Å². The molecule has 2 heterocycles. The summed E-state index contributed by atoms with van der Waals surface area (Å²) in [7, 11) is -3.72. The Kier molecular flexibility index (Phi) is 4.42. The SMILES string of the molecule is CC(C)S(=O)(=O)Cc1nnc2c(C(=O)Cl)ccc(C(F)(F)F)n12. The summed E-state index contributed by atoms with van der Waals surface area (Å²) in [6.45, 7) is 2.80. The van der Waals surface area contributed by atoms with Gasteiger partial charge in [0.2, 0.25) is 0 Å². The first kappa shape index (κ1) is 17.7. The van der Waals surface area contributed by atoms with Crippen molar-refractivity contribution in [2.24, 2.45) is 0 Å². The maximum Gasteiger partial charge on any atom is 0.431 e. The summed E-state index contributed by atoms with van der Waals surface area (Å²) in [6.07, 6.45) is -4.79. The van der Waals surface area contributed by atoms with Crippen LogP contribution in [0.5, 0.6) is 0 Å². The number of rotatable bonds is 4. The Balaban J connectivity index is 2.78. The van der Waals surface area contributed by atoms with Gasteiger partial charge < -0.3 is 0 Å². The number of pyridine rings is 1. The minimum atomic E-state index is -4.79. The molecule has 0 aromatic carbocycles. The lowest BCUT2D eigenvalue weighted by atomic mass is 10.2. The highest BCUT2D eigenvalue weighted by atomic mass is 35.5. The second-order valence-corrected chi connectivity index (χ2v) is 7.94. The Labute approximate surface area is 134 Å². The van der Waals surface area contributed by atoms with Crippen molar-refractivity contribution >= 4 is 32.3 Å². The van der Waals surface area contributed by atoms with E-state index in [4.69, 9.17) is 11.6 Å². The predicted molar refractivity (Wildman–Crippen MR) is 75.9 cm³/mol. The summed E-state index contributed by atoms with van der Waals surface area (Å²) < 4.78 is 63.9. The van der Waals surface area contributed by atoms with Crippen LogP contribution < -0.4 is 0 Å². The molecule has 0 N–H and O–H groups in total. The zero-order valence-electron chi connectivity index (χ0n) is 11.9. The average molecular weight is 370 g/mol.